The van der Waals surface area contributed by atoms with Gasteiger partial charge in [0.25, 0.3) is 0 Å². The molecule has 5 nitrogen and oxygen atoms in total. The number of anilines is 1. The molecular formula is C26H23F3N2O3. The lowest BCUT2D eigenvalue weighted by Crippen LogP contribution is -2.14. The van der Waals surface area contributed by atoms with Gasteiger partial charge in [-0.25, -0.2) is 4.98 Å². The van der Waals surface area contributed by atoms with Crippen LogP contribution >= 0.6 is 0 Å². The van der Waals surface area contributed by atoms with Crippen molar-refractivity contribution in [1.82, 2.24) is 4.98 Å². The van der Waals surface area contributed by atoms with Gasteiger partial charge in [-0.15, -0.1) is 0 Å². The lowest BCUT2D eigenvalue weighted by molar-refractivity contribution is -0.137. The van der Waals surface area contributed by atoms with Gasteiger partial charge in [0.05, 0.1) is 5.56 Å². The molecule has 34 heavy (non-hydrogen) atoms. The molecule has 1 aromatic heterocycles. The molecule has 0 atom stereocenters. The molecular weight excluding hydrogens is 445 g/mol. The number of hydrogen-bond acceptors (Lipinski definition) is 4. The van der Waals surface area contributed by atoms with Gasteiger partial charge in [0, 0.05) is 31.0 Å². The van der Waals surface area contributed by atoms with E-state index in [1.165, 1.54) is 12.1 Å². The monoisotopic (exact) mass is 468 g/mol. The summed E-state index contributed by atoms with van der Waals surface area (Å²) in [6.07, 6.45) is -1.07. The SMILES string of the molecule is Cc1cc(CC(=O)Cc2cccc(C(F)(F)F)c2)ccc1Oc1ccnc(NC(=O)C2CC2)c1. The first-order valence-electron chi connectivity index (χ1n) is 10.9. The summed E-state index contributed by atoms with van der Waals surface area (Å²) in [6, 6.07) is 13.5. The molecule has 4 rings (SSSR count). The normalized spacial score (nSPS) is 13.4. The minimum absolute atomic E-state index is 0.0417. The molecule has 2 aromatic carbocycles. The van der Waals surface area contributed by atoms with Crippen molar-refractivity contribution in [3.05, 3.63) is 83.0 Å². The standard InChI is InChI=1S/C26H23F3N2O3/c1-16-11-18(14-21(32)13-17-3-2-4-20(12-17)26(27,28)29)5-8-23(16)34-22-9-10-30-24(15-22)31-25(33)19-6-7-19/h2-5,8-12,15,19H,6-7,13-14H2,1H3,(H,30,31,33). The minimum Gasteiger partial charge on any atom is -0.457 e. The van der Waals surface area contributed by atoms with Crippen LogP contribution in [0.15, 0.2) is 60.8 Å². The topological polar surface area (TPSA) is 68.3 Å². The third kappa shape index (κ3) is 6.21. The Morgan fingerprint density at radius 1 is 1.03 bits per heavy atom. The van der Waals surface area contributed by atoms with Crippen LogP contribution in [0, 0.1) is 12.8 Å². The molecule has 0 spiro atoms. The Morgan fingerprint density at radius 2 is 1.76 bits per heavy atom. The number of nitrogens with one attached hydrogen (secondary N) is 1. The number of alkyl halides is 3. The first kappa shape index (κ1) is 23.5. The van der Waals surface area contributed by atoms with E-state index in [0.29, 0.717) is 22.9 Å². The van der Waals surface area contributed by atoms with Crippen molar-refractivity contribution in [2.75, 3.05) is 5.32 Å². The fraction of sp³-hybridized carbons (Fsp3) is 0.269. The molecule has 0 saturated heterocycles. The molecule has 0 radical (unpaired) electrons. The van der Waals surface area contributed by atoms with E-state index >= 15 is 0 Å². The zero-order chi connectivity index (χ0) is 24.3. The number of carbonyl (C=O) groups excluding carboxylic acids is 2. The number of hydrogen-bond donors (Lipinski definition) is 1. The summed E-state index contributed by atoms with van der Waals surface area (Å²) in [5.41, 5.74) is 1.11. The number of aromatic nitrogens is 1. The number of pyridine rings is 1. The van der Waals surface area contributed by atoms with Crippen LogP contribution in [0.2, 0.25) is 0 Å². The van der Waals surface area contributed by atoms with Crippen LogP contribution in [-0.2, 0) is 28.6 Å². The highest BCUT2D eigenvalue weighted by molar-refractivity contribution is 5.93. The first-order valence-corrected chi connectivity index (χ1v) is 10.9. The largest absolute Gasteiger partial charge is 0.457 e. The number of nitrogens with zero attached hydrogens (tertiary/aromatic N) is 1. The van der Waals surface area contributed by atoms with Crippen LogP contribution in [0.25, 0.3) is 0 Å². The first-order chi connectivity index (χ1) is 16.2. The van der Waals surface area contributed by atoms with Crippen molar-refractivity contribution in [3.8, 4) is 11.5 Å². The van der Waals surface area contributed by atoms with E-state index in [1.807, 2.05) is 13.0 Å². The molecule has 0 unspecified atom stereocenters. The van der Waals surface area contributed by atoms with Crippen molar-refractivity contribution < 1.29 is 27.5 Å². The number of halogens is 3. The number of rotatable bonds is 8. The van der Waals surface area contributed by atoms with Gasteiger partial charge in [0.15, 0.2) is 0 Å². The van der Waals surface area contributed by atoms with E-state index < -0.39 is 11.7 Å². The van der Waals surface area contributed by atoms with E-state index in [0.717, 1.165) is 36.1 Å². The zero-order valence-electron chi connectivity index (χ0n) is 18.5. The molecule has 1 amide bonds. The lowest BCUT2D eigenvalue weighted by Gasteiger charge is -2.12. The van der Waals surface area contributed by atoms with E-state index in [1.54, 1.807) is 30.5 Å². The summed E-state index contributed by atoms with van der Waals surface area (Å²) in [4.78, 5) is 28.5. The highest BCUT2D eigenvalue weighted by Gasteiger charge is 2.31. The summed E-state index contributed by atoms with van der Waals surface area (Å²) in [7, 11) is 0. The van der Waals surface area contributed by atoms with Crippen LogP contribution in [0.3, 0.4) is 0 Å². The second kappa shape index (κ2) is 9.67. The van der Waals surface area contributed by atoms with Crippen LogP contribution in [0.1, 0.15) is 35.1 Å². The molecule has 8 heteroatoms. The van der Waals surface area contributed by atoms with Gasteiger partial charge in [-0.05, 0) is 54.7 Å². The molecule has 0 bridgehead atoms. The number of ether oxygens (including phenoxy) is 1. The average molecular weight is 468 g/mol. The highest BCUT2D eigenvalue weighted by Crippen LogP contribution is 2.32. The van der Waals surface area contributed by atoms with Gasteiger partial charge in [0.1, 0.15) is 23.1 Å². The predicted molar refractivity (Wildman–Crippen MR) is 121 cm³/mol. The molecule has 0 aliphatic heterocycles. The molecule has 1 heterocycles. The van der Waals surface area contributed by atoms with Crippen LogP contribution in [0.5, 0.6) is 11.5 Å². The molecule has 1 fully saturated rings. The molecule has 176 valence electrons. The van der Waals surface area contributed by atoms with E-state index in [4.69, 9.17) is 4.74 Å². The second-order valence-electron chi connectivity index (χ2n) is 8.43. The lowest BCUT2D eigenvalue weighted by atomic mass is 10.00. The maximum Gasteiger partial charge on any atom is 0.416 e. The number of carbonyl (C=O) groups is 2. The Bertz CT molecular complexity index is 1220. The summed E-state index contributed by atoms with van der Waals surface area (Å²) in [5.74, 6) is 1.36. The number of Topliss-reactive ketones (excluding diaryl/α,β-unsaturated/α-hetero) is 1. The summed E-state index contributed by atoms with van der Waals surface area (Å²) in [5, 5.41) is 2.78. The maximum atomic E-state index is 12.9. The molecule has 1 aliphatic carbocycles. The van der Waals surface area contributed by atoms with Gasteiger partial charge in [0.2, 0.25) is 5.91 Å². The Kier molecular flexibility index (Phi) is 6.68. The van der Waals surface area contributed by atoms with Crippen molar-refractivity contribution in [3.63, 3.8) is 0 Å². The Labute approximate surface area is 195 Å². The Hall–Kier alpha value is -3.68. The van der Waals surface area contributed by atoms with E-state index in [2.05, 4.69) is 10.3 Å². The summed E-state index contributed by atoms with van der Waals surface area (Å²) >= 11 is 0. The van der Waals surface area contributed by atoms with Crippen LogP contribution in [-0.4, -0.2) is 16.7 Å². The van der Waals surface area contributed by atoms with Gasteiger partial charge in [-0.2, -0.15) is 13.2 Å². The van der Waals surface area contributed by atoms with Crippen LogP contribution in [0.4, 0.5) is 19.0 Å². The number of aryl methyl sites for hydroxylation is 1. The third-order valence-electron chi connectivity index (χ3n) is 5.45. The number of benzene rings is 2. The van der Waals surface area contributed by atoms with Gasteiger partial charge >= 0.3 is 6.18 Å². The fourth-order valence-electron chi connectivity index (χ4n) is 3.56. The van der Waals surface area contributed by atoms with Crippen molar-refractivity contribution in [2.45, 2.75) is 38.8 Å². The quantitative estimate of drug-likeness (QED) is 0.447. The summed E-state index contributed by atoms with van der Waals surface area (Å²) in [6.45, 7) is 1.84. The van der Waals surface area contributed by atoms with Crippen molar-refractivity contribution in [1.29, 1.82) is 0 Å². The maximum absolute atomic E-state index is 12.9. The van der Waals surface area contributed by atoms with Gasteiger partial charge < -0.3 is 10.1 Å². The minimum atomic E-state index is -4.44. The smallest absolute Gasteiger partial charge is 0.416 e. The molecule has 1 aliphatic rings. The number of amides is 1. The van der Waals surface area contributed by atoms with Crippen molar-refractivity contribution in [2.24, 2.45) is 5.92 Å². The molecule has 3 aromatic rings. The molecule has 1 N–H and O–H groups in total. The zero-order valence-corrected chi connectivity index (χ0v) is 18.5. The Morgan fingerprint density at radius 3 is 2.44 bits per heavy atom. The van der Waals surface area contributed by atoms with Crippen molar-refractivity contribution >= 4 is 17.5 Å². The van der Waals surface area contributed by atoms with Gasteiger partial charge in [-0.1, -0.05) is 30.3 Å². The average Bonchev–Trinajstić information content (AvgIpc) is 3.61. The van der Waals surface area contributed by atoms with Gasteiger partial charge in [-0.3, -0.25) is 9.59 Å². The second-order valence-corrected chi connectivity index (χ2v) is 8.43. The fourth-order valence-corrected chi connectivity index (χ4v) is 3.56. The predicted octanol–water partition coefficient (Wildman–Crippen LogP) is 5.90. The van der Waals surface area contributed by atoms with Crippen LogP contribution < -0.4 is 10.1 Å². The number of ketones is 1. The summed E-state index contributed by atoms with van der Waals surface area (Å²) < 4.78 is 44.6. The van der Waals surface area contributed by atoms with E-state index in [-0.39, 0.29) is 30.4 Å². The van der Waals surface area contributed by atoms with E-state index in [9.17, 15) is 22.8 Å². The Balaban J connectivity index is 1.38. The molecule has 1 saturated carbocycles. The highest BCUT2D eigenvalue weighted by atomic mass is 19.4. The third-order valence-corrected chi connectivity index (χ3v) is 5.45.